The van der Waals surface area contributed by atoms with E-state index in [9.17, 15) is 4.79 Å². The molecule has 1 aliphatic heterocycles. The Bertz CT molecular complexity index is 719. The first-order chi connectivity index (χ1) is 13.0. The van der Waals surface area contributed by atoms with E-state index in [-0.39, 0.29) is 18.8 Å². The van der Waals surface area contributed by atoms with Crippen molar-refractivity contribution in [2.24, 2.45) is 0 Å². The van der Waals surface area contributed by atoms with Gasteiger partial charge in [0.05, 0.1) is 23.8 Å². The number of carbonyl (C=O) groups excluding carboxylic acids is 1. The fourth-order valence-electron chi connectivity index (χ4n) is 4.01. The van der Waals surface area contributed by atoms with Crippen LogP contribution < -0.4 is 5.32 Å². The molecule has 1 amide bonds. The Morgan fingerprint density at radius 2 is 1.93 bits per heavy atom. The number of benzene rings is 1. The lowest BCUT2D eigenvalue weighted by molar-refractivity contribution is -0.329. The minimum atomic E-state index is -0.507. The Morgan fingerprint density at radius 3 is 2.59 bits per heavy atom. The van der Waals surface area contributed by atoms with Crippen molar-refractivity contribution < 1.29 is 24.0 Å². The van der Waals surface area contributed by atoms with Crippen LogP contribution in [0, 0.1) is 13.8 Å². The molecule has 0 unspecified atom stereocenters. The first-order valence-electron chi connectivity index (χ1n) is 9.55. The maximum absolute atomic E-state index is 13.0. The number of hydrogen-bond donors (Lipinski definition) is 1. The van der Waals surface area contributed by atoms with Gasteiger partial charge in [-0.25, -0.2) is 4.89 Å². The Kier molecular flexibility index (Phi) is 6.19. The number of rotatable bonds is 7. The molecule has 0 saturated heterocycles. The van der Waals surface area contributed by atoms with Gasteiger partial charge in [-0.3, -0.25) is 4.79 Å². The van der Waals surface area contributed by atoms with E-state index in [0.717, 1.165) is 42.4 Å². The molecular formula is C21H29NO5. The number of amides is 1. The highest BCUT2D eigenvalue weighted by molar-refractivity contribution is 6.23. The summed E-state index contributed by atoms with van der Waals surface area (Å²) in [4.78, 5) is 23.0. The van der Waals surface area contributed by atoms with Crippen molar-refractivity contribution in [3.05, 3.63) is 40.6 Å². The molecule has 1 saturated carbocycles. The van der Waals surface area contributed by atoms with Crippen LogP contribution in [0.5, 0.6) is 0 Å². The number of nitrogens with one attached hydrogen (secondary N) is 1. The second kappa shape index (κ2) is 8.42. The number of hydrogen-bond acceptors (Lipinski definition) is 5. The summed E-state index contributed by atoms with van der Waals surface area (Å²) in [6, 6.07) is 6.12. The van der Waals surface area contributed by atoms with Gasteiger partial charge in [0.2, 0.25) is 6.79 Å². The second-order valence-corrected chi connectivity index (χ2v) is 7.28. The number of ether oxygens (including phenoxy) is 2. The predicted octanol–water partition coefficient (Wildman–Crippen LogP) is 3.41. The molecule has 0 radical (unpaired) electrons. The van der Waals surface area contributed by atoms with Gasteiger partial charge in [0.15, 0.2) is 0 Å². The fraction of sp³-hybridized carbons (Fsp3) is 0.571. The third-order valence-corrected chi connectivity index (χ3v) is 5.48. The lowest BCUT2D eigenvalue weighted by Gasteiger charge is -2.38. The summed E-state index contributed by atoms with van der Waals surface area (Å²) in [5.74, 6) is 0.571. The van der Waals surface area contributed by atoms with Gasteiger partial charge in [-0.15, -0.1) is 0 Å². The molecule has 1 heterocycles. The van der Waals surface area contributed by atoms with Gasteiger partial charge in [-0.05, 0) is 57.6 Å². The SMILES string of the molecule is CCOOCOC1=C(c2cc(C)ccc2C)C(=O)N[C@]12CC[C@@H](OC)CC2. The van der Waals surface area contributed by atoms with Crippen LogP contribution in [-0.2, 0) is 24.0 Å². The van der Waals surface area contributed by atoms with E-state index in [1.165, 1.54) is 0 Å². The number of aryl methyl sites for hydroxylation is 2. The molecular weight excluding hydrogens is 346 g/mol. The highest BCUT2D eigenvalue weighted by atomic mass is 17.2. The molecule has 1 spiro atoms. The molecule has 1 aromatic carbocycles. The monoisotopic (exact) mass is 375 g/mol. The van der Waals surface area contributed by atoms with E-state index in [2.05, 4.69) is 5.32 Å². The number of carbonyl (C=O) groups is 1. The zero-order valence-electron chi connectivity index (χ0n) is 16.6. The highest BCUT2D eigenvalue weighted by Gasteiger charge is 2.49. The molecule has 148 valence electrons. The van der Waals surface area contributed by atoms with Gasteiger partial charge in [-0.1, -0.05) is 23.8 Å². The highest BCUT2D eigenvalue weighted by Crippen LogP contribution is 2.44. The van der Waals surface area contributed by atoms with E-state index in [4.69, 9.17) is 19.2 Å². The largest absolute Gasteiger partial charge is 0.466 e. The van der Waals surface area contributed by atoms with E-state index >= 15 is 0 Å². The Morgan fingerprint density at radius 1 is 1.19 bits per heavy atom. The second-order valence-electron chi connectivity index (χ2n) is 7.28. The van der Waals surface area contributed by atoms with Crippen molar-refractivity contribution in [2.45, 2.75) is 58.1 Å². The van der Waals surface area contributed by atoms with Crippen LogP contribution in [0.1, 0.15) is 49.3 Å². The van der Waals surface area contributed by atoms with Crippen molar-refractivity contribution in [2.75, 3.05) is 20.5 Å². The van der Waals surface area contributed by atoms with Crippen LogP contribution in [0.3, 0.4) is 0 Å². The zero-order chi connectivity index (χ0) is 19.4. The summed E-state index contributed by atoms with van der Waals surface area (Å²) in [5.41, 5.74) is 3.15. The molecule has 0 aromatic heterocycles. The van der Waals surface area contributed by atoms with Crippen molar-refractivity contribution in [1.82, 2.24) is 5.32 Å². The summed E-state index contributed by atoms with van der Waals surface area (Å²) in [7, 11) is 1.74. The summed E-state index contributed by atoms with van der Waals surface area (Å²) >= 11 is 0. The lowest BCUT2D eigenvalue weighted by atomic mass is 9.79. The Labute approximate surface area is 160 Å². The molecule has 0 atom stereocenters. The van der Waals surface area contributed by atoms with Crippen LogP contribution in [0.15, 0.2) is 24.0 Å². The van der Waals surface area contributed by atoms with Crippen molar-refractivity contribution in [3.8, 4) is 0 Å². The normalized spacial score (nSPS) is 25.2. The first kappa shape index (κ1) is 19.9. The first-order valence-corrected chi connectivity index (χ1v) is 9.55. The van der Waals surface area contributed by atoms with Gasteiger partial charge in [0.25, 0.3) is 5.91 Å². The Balaban J connectivity index is 1.99. The van der Waals surface area contributed by atoms with Gasteiger partial charge < -0.3 is 14.8 Å². The van der Waals surface area contributed by atoms with Crippen LogP contribution in [0.2, 0.25) is 0 Å². The summed E-state index contributed by atoms with van der Waals surface area (Å²) in [6.07, 6.45) is 3.51. The predicted molar refractivity (Wildman–Crippen MR) is 102 cm³/mol. The zero-order valence-corrected chi connectivity index (χ0v) is 16.6. The van der Waals surface area contributed by atoms with E-state index in [1.807, 2.05) is 39.0 Å². The maximum atomic E-state index is 13.0. The average molecular weight is 375 g/mol. The molecule has 6 nitrogen and oxygen atoms in total. The summed E-state index contributed by atoms with van der Waals surface area (Å²) in [6.45, 7) is 6.26. The smallest absolute Gasteiger partial charge is 0.256 e. The molecule has 1 aliphatic carbocycles. The van der Waals surface area contributed by atoms with E-state index in [1.54, 1.807) is 7.11 Å². The topological polar surface area (TPSA) is 66.0 Å². The molecule has 27 heavy (non-hydrogen) atoms. The summed E-state index contributed by atoms with van der Waals surface area (Å²) in [5, 5.41) is 3.21. The molecule has 2 aliphatic rings. The fourth-order valence-corrected chi connectivity index (χ4v) is 4.01. The minimum Gasteiger partial charge on any atom is -0.466 e. The van der Waals surface area contributed by atoms with Crippen LogP contribution in [0.25, 0.3) is 5.57 Å². The van der Waals surface area contributed by atoms with Gasteiger partial charge in [0.1, 0.15) is 5.76 Å². The quantitative estimate of drug-likeness (QED) is 0.342. The van der Waals surface area contributed by atoms with Crippen LogP contribution in [-0.4, -0.2) is 38.1 Å². The van der Waals surface area contributed by atoms with Crippen LogP contribution >= 0.6 is 0 Å². The maximum Gasteiger partial charge on any atom is 0.256 e. The molecule has 3 rings (SSSR count). The van der Waals surface area contributed by atoms with Gasteiger partial charge >= 0.3 is 0 Å². The van der Waals surface area contributed by atoms with E-state index in [0.29, 0.717) is 17.9 Å². The standard InChI is InChI=1S/C21H29NO5/c1-5-26-27-13-25-19-18(17-12-14(2)6-7-15(17)3)20(23)22-21(19)10-8-16(24-4)9-11-21/h6-7,12,16H,5,8-11,13H2,1-4H3,(H,22,23)/t16-,21+. The molecule has 1 aromatic rings. The van der Waals surface area contributed by atoms with Gasteiger partial charge in [-0.2, -0.15) is 4.89 Å². The minimum absolute atomic E-state index is 0.0536. The average Bonchev–Trinajstić information content (AvgIpc) is 2.92. The summed E-state index contributed by atoms with van der Waals surface area (Å²) < 4.78 is 11.5. The van der Waals surface area contributed by atoms with Crippen molar-refractivity contribution in [1.29, 1.82) is 0 Å². The van der Waals surface area contributed by atoms with Crippen molar-refractivity contribution >= 4 is 11.5 Å². The van der Waals surface area contributed by atoms with Crippen LogP contribution in [0.4, 0.5) is 0 Å². The third-order valence-electron chi connectivity index (χ3n) is 5.48. The molecule has 6 heteroatoms. The Hall–Kier alpha value is -1.89. The number of methoxy groups -OCH3 is 1. The lowest BCUT2D eigenvalue weighted by Crippen LogP contribution is -2.48. The van der Waals surface area contributed by atoms with E-state index < -0.39 is 5.54 Å². The molecule has 0 bridgehead atoms. The third kappa shape index (κ3) is 4.03. The molecule has 1 N–H and O–H groups in total. The molecule has 1 fully saturated rings. The van der Waals surface area contributed by atoms with Gasteiger partial charge in [0, 0.05) is 7.11 Å². The van der Waals surface area contributed by atoms with Crippen molar-refractivity contribution in [3.63, 3.8) is 0 Å².